The molecule has 0 aromatic rings. The Balaban J connectivity index is -0.000000201. The van der Waals surface area contributed by atoms with Crippen LogP contribution in [-0.4, -0.2) is 44.4 Å². The zero-order chi connectivity index (χ0) is 13.4. The summed E-state index contributed by atoms with van der Waals surface area (Å²) in [6.45, 7) is 8.70. The van der Waals surface area contributed by atoms with Gasteiger partial charge in [0, 0.05) is 6.42 Å². The Morgan fingerprint density at radius 1 is 1.19 bits per heavy atom. The van der Waals surface area contributed by atoms with Crippen molar-refractivity contribution < 1.29 is 14.3 Å². The number of aldehydes is 1. The average molecular weight is 233 g/mol. The smallest absolute Gasteiger partial charge is 0.320 e. The van der Waals surface area contributed by atoms with Crippen molar-refractivity contribution in [2.45, 2.75) is 40.5 Å². The van der Waals surface area contributed by atoms with Gasteiger partial charge in [0.1, 0.15) is 6.29 Å². The number of esters is 1. The van der Waals surface area contributed by atoms with E-state index < -0.39 is 0 Å². The summed E-state index contributed by atoms with van der Waals surface area (Å²) in [5.41, 5.74) is 0. The second-order valence-corrected chi connectivity index (χ2v) is 3.32. The van der Waals surface area contributed by atoms with Crippen LogP contribution in [0.5, 0.6) is 0 Å². The van der Waals surface area contributed by atoms with Gasteiger partial charge in [-0.05, 0) is 21.0 Å². The van der Waals surface area contributed by atoms with Crippen LogP contribution in [0.2, 0.25) is 0 Å². The molecule has 0 saturated carbocycles. The van der Waals surface area contributed by atoms with Gasteiger partial charge >= 0.3 is 5.97 Å². The molecule has 0 atom stereocenters. The van der Waals surface area contributed by atoms with E-state index in [2.05, 4.69) is 18.6 Å². The van der Waals surface area contributed by atoms with E-state index in [0.29, 0.717) is 19.6 Å². The number of hydrogen-bond donors (Lipinski definition) is 0. The molecule has 16 heavy (non-hydrogen) atoms. The topological polar surface area (TPSA) is 46.6 Å². The summed E-state index contributed by atoms with van der Waals surface area (Å²) in [6, 6.07) is 0. The number of likely N-dealkylation sites (N-methyl/N-ethyl adjacent to an activating group) is 1. The van der Waals surface area contributed by atoms with Gasteiger partial charge in [-0.15, -0.1) is 0 Å². The van der Waals surface area contributed by atoms with E-state index in [0.717, 1.165) is 6.29 Å². The maximum Gasteiger partial charge on any atom is 0.320 e. The first-order chi connectivity index (χ1) is 7.49. The fraction of sp³-hybridized carbons (Fsp3) is 0.833. The molecule has 0 rings (SSSR count). The van der Waals surface area contributed by atoms with Crippen molar-refractivity contribution in [1.29, 1.82) is 0 Å². The molecule has 0 aliphatic heterocycles. The molecule has 0 amide bonds. The van der Waals surface area contributed by atoms with E-state index in [9.17, 15) is 9.59 Å². The van der Waals surface area contributed by atoms with Crippen LogP contribution in [-0.2, 0) is 14.3 Å². The third kappa shape index (κ3) is 38.0. The lowest BCUT2D eigenvalue weighted by Crippen LogP contribution is -2.23. The fourth-order valence-corrected chi connectivity index (χ4v) is 0.465. The van der Waals surface area contributed by atoms with E-state index in [-0.39, 0.29) is 5.97 Å². The highest BCUT2D eigenvalue weighted by Gasteiger charge is 2.00. The Bertz CT molecular complexity index is 147. The van der Waals surface area contributed by atoms with Gasteiger partial charge in [0.25, 0.3) is 0 Å². The minimum atomic E-state index is -0.164. The third-order valence-corrected chi connectivity index (χ3v) is 0.917. The van der Waals surface area contributed by atoms with Gasteiger partial charge in [-0.2, -0.15) is 0 Å². The quantitative estimate of drug-likeness (QED) is 0.551. The number of carbonyl (C=O) groups excluding carboxylic acids is 2. The van der Waals surface area contributed by atoms with Crippen molar-refractivity contribution in [3.05, 3.63) is 0 Å². The van der Waals surface area contributed by atoms with Gasteiger partial charge in [0.05, 0.1) is 13.2 Å². The summed E-state index contributed by atoms with van der Waals surface area (Å²) in [7, 11) is 3.66. The molecule has 0 aromatic heterocycles. The van der Waals surface area contributed by atoms with Crippen LogP contribution in [0.25, 0.3) is 0 Å². The van der Waals surface area contributed by atoms with Gasteiger partial charge < -0.3 is 9.53 Å². The Morgan fingerprint density at radius 3 is 1.75 bits per heavy atom. The minimum Gasteiger partial charge on any atom is -0.465 e. The normalized spacial score (nSPS) is 8.19. The highest BCUT2D eigenvalue weighted by Crippen LogP contribution is 1.79. The van der Waals surface area contributed by atoms with Gasteiger partial charge in [-0.25, -0.2) is 0 Å². The van der Waals surface area contributed by atoms with Crippen LogP contribution in [0.15, 0.2) is 0 Å². The summed E-state index contributed by atoms with van der Waals surface area (Å²) < 4.78 is 4.67. The number of carbonyl (C=O) groups is 2. The second-order valence-electron chi connectivity index (χ2n) is 3.32. The predicted octanol–water partition coefficient (Wildman–Crippen LogP) is 2.12. The zero-order valence-corrected chi connectivity index (χ0v) is 11.6. The second kappa shape index (κ2) is 19.6. The Morgan fingerprint density at radius 2 is 1.56 bits per heavy atom. The molecule has 4 nitrogen and oxygen atoms in total. The van der Waals surface area contributed by atoms with E-state index >= 15 is 0 Å². The molecule has 0 spiro atoms. The lowest BCUT2D eigenvalue weighted by molar-refractivity contribution is -0.143. The molecule has 0 N–H and O–H groups in total. The summed E-state index contributed by atoms with van der Waals surface area (Å²) in [6.07, 6.45) is 2.76. The van der Waals surface area contributed by atoms with E-state index in [1.807, 2.05) is 21.0 Å². The first-order valence-corrected chi connectivity index (χ1v) is 5.73. The number of hydrogen-bond acceptors (Lipinski definition) is 4. The Labute approximate surface area is 100.0 Å². The first-order valence-electron chi connectivity index (χ1n) is 5.73. The fourth-order valence-electron chi connectivity index (χ4n) is 0.465. The Kier molecular flexibility index (Phi) is 25.2. The SMILES string of the molecule is CCC.CCC=O.CCOC(=O)CN(C)C. The maximum absolute atomic E-state index is 10.6. The van der Waals surface area contributed by atoms with Gasteiger partial charge in [-0.3, -0.25) is 9.69 Å². The summed E-state index contributed by atoms with van der Waals surface area (Å²) >= 11 is 0. The number of ether oxygens (including phenoxy) is 1. The zero-order valence-electron chi connectivity index (χ0n) is 11.6. The minimum absolute atomic E-state index is 0.164. The monoisotopic (exact) mass is 233 g/mol. The molecule has 0 heterocycles. The molecule has 0 aliphatic carbocycles. The molecule has 0 saturated heterocycles. The lowest BCUT2D eigenvalue weighted by atomic mass is 10.6. The molecule has 0 aliphatic rings. The highest BCUT2D eigenvalue weighted by atomic mass is 16.5. The first kappa shape index (κ1) is 20.5. The van der Waals surface area contributed by atoms with Crippen LogP contribution in [0.3, 0.4) is 0 Å². The lowest BCUT2D eigenvalue weighted by Gasteiger charge is -2.06. The molecule has 0 radical (unpaired) electrons. The molecule has 4 heteroatoms. The molecule has 0 unspecified atom stereocenters. The van der Waals surface area contributed by atoms with E-state index in [1.165, 1.54) is 6.42 Å². The van der Waals surface area contributed by atoms with Crippen molar-refractivity contribution in [2.24, 2.45) is 0 Å². The van der Waals surface area contributed by atoms with E-state index in [4.69, 9.17) is 0 Å². The molecule has 0 bridgehead atoms. The summed E-state index contributed by atoms with van der Waals surface area (Å²) in [5, 5.41) is 0. The van der Waals surface area contributed by atoms with Crippen molar-refractivity contribution in [2.75, 3.05) is 27.2 Å². The van der Waals surface area contributed by atoms with Gasteiger partial charge in [-0.1, -0.05) is 27.2 Å². The molecular formula is C12H27NO3. The van der Waals surface area contributed by atoms with Crippen LogP contribution in [0, 0.1) is 0 Å². The highest BCUT2D eigenvalue weighted by molar-refractivity contribution is 5.71. The molecule has 98 valence electrons. The van der Waals surface area contributed by atoms with Crippen LogP contribution in [0.4, 0.5) is 0 Å². The van der Waals surface area contributed by atoms with Crippen molar-refractivity contribution in [3.63, 3.8) is 0 Å². The maximum atomic E-state index is 10.6. The largest absolute Gasteiger partial charge is 0.465 e. The van der Waals surface area contributed by atoms with Crippen LogP contribution < -0.4 is 0 Å². The third-order valence-electron chi connectivity index (χ3n) is 0.917. The van der Waals surface area contributed by atoms with Crippen LogP contribution >= 0.6 is 0 Å². The number of rotatable bonds is 4. The van der Waals surface area contributed by atoms with Crippen LogP contribution in [0.1, 0.15) is 40.5 Å². The van der Waals surface area contributed by atoms with Crippen molar-refractivity contribution in [3.8, 4) is 0 Å². The summed E-state index contributed by atoms with van der Waals surface area (Å²) in [4.78, 5) is 21.5. The standard InChI is InChI=1S/C6H13NO2.C3H6O.C3H8/c1-4-9-6(8)5-7(2)3;1-2-3-4;1-3-2/h4-5H2,1-3H3;3H,2H2,1H3;3H2,1-2H3. The van der Waals surface area contributed by atoms with E-state index in [1.54, 1.807) is 11.8 Å². The summed E-state index contributed by atoms with van der Waals surface area (Å²) in [5.74, 6) is -0.164. The van der Waals surface area contributed by atoms with Gasteiger partial charge in [0.2, 0.25) is 0 Å². The Hall–Kier alpha value is -0.900. The number of nitrogens with zero attached hydrogens (tertiary/aromatic N) is 1. The van der Waals surface area contributed by atoms with Crippen molar-refractivity contribution >= 4 is 12.3 Å². The average Bonchev–Trinajstić information content (AvgIpc) is 2.18. The van der Waals surface area contributed by atoms with Gasteiger partial charge in [0.15, 0.2) is 0 Å². The van der Waals surface area contributed by atoms with Crippen molar-refractivity contribution in [1.82, 2.24) is 4.90 Å². The molecule has 0 aromatic carbocycles. The predicted molar refractivity (Wildman–Crippen MR) is 67.5 cm³/mol. The molecular weight excluding hydrogens is 206 g/mol. The molecule has 0 fully saturated rings.